The molecule has 3 rings (SSSR count). The van der Waals surface area contributed by atoms with Gasteiger partial charge in [0.1, 0.15) is 17.0 Å². The van der Waals surface area contributed by atoms with Gasteiger partial charge in [-0.25, -0.2) is 0 Å². The number of aryl methyl sites for hydroxylation is 3. The second-order valence-electron chi connectivity index (χ2n) is 4.60. The molecule has 0 fully saturated rings. The highest BCUT2D eigenvalue weighted by molar-refractivity contribution is 5.68. The first-order valence-electron chi connectivity index (χ1n) is 6.49. The number of carbonyl (C=O) groups excluding carboxylic acids is 1. The minimum atomic E-state index is -0.149. The van der Waals surface area contributed by atoms with Crippen LogP contribution in [0.25, 0.3) is 17.0 Å². The van der Waals surface area contributed by atoms with Crippen molar-refractivity contribution in [3.05, 3.63) is 46.3 Å². The summed E-state index contributed by atoms with van der Waals surface area (Å²) in [5.74, 6) is 0. The van der Waals surface area contributed by atoms with Gasteiger partial charge in [-0.1, -0.05) is 0 Å². The number of rotatable bonds is 1. The minimum Gasteiger partial charge on any atom is -0.372 e. The molecule has 0 saturated heterocycles. The van der Waals surface area contributed by atoms with Crippen LogP contribution in [0, 0.1) is 13.8 Å². The predicted molar refractivity (Wildman–Crippen MR) is 81.2 cm³/mol. The van der Waals surface area contributed by atoms with Crippen molar-refractivity contribution in [1.82, 2.24) is 24.1 Å². The summed E-state index contributed by atoms with van der Waals surface area (Å²) < 4.78 is 3.28. The third-order valence-electron chi connectivity index (χ3n) is 3.18. The summed E-state index contributed by atoms with van der Waals surface area (Å²) >= 11 is 0. The first-order valence-corrected chi connectivity index (χ1v) is 6.49. The van der Waals surface area contributed by atoms with Crippen LogP contribution < -0.4 is 11.3 Å². The Morgan fingerprint density at radius 1 is 1.18 bits per heavy atom. The van der Waals surface area contributed by atoms with Gasteiger partial charge in [0.15, 0.2) is 0 Å². The molecule has 8 heteroatoms. The van der Waals surface area contributed by atoms with Crippen molar-refractivity contribution in [2.24, 2.45) is 12.8 Å². The van der Waals surface area contributed by atoms with E-state index in [9.17, 15) is 4.79 Å². The molecule has 2 N–H and O–H groups in total. The molecule has 0 atom stereocenters. The molecule has 3 aromatic heterocycles. The van der Waals surface area contributed by atoms with Crippen LogP contribution in [0.5, 0.6) is 0 Å². The van der Waals surface area contributed by atoms with Crippen LogP contribution >= 0.6 is 0 Å². The van der Waals surface area contributed by atoms with Crippen LogP contribution in [0.3, 0.4) is 0 Å². The lowest BCUT2D eigenvalue weighted by Crippen LogP contribution is -2.15. The van der Waals surface area contributed by atoms with Gasteiger partial charge in [0.25, 0.3) is 5.56 Å². The Hall–Kier alpha value is -3.03. The molecule has 0 radical (unpaired) electrons. The Morgan fingerprint density at radius 2 is 1.82 bits per heavy atom. The third kappa shape index (κ3) is 2.58. The first kappa shape index (κ1) is 15.4. The number of nitrogens with two attached hydrogens (primary N) is 1. The van der Waals surface area contributed by atoms with Gasteiger partial charge in [-0.2, -0.15) is 9.61 Å². The standard InChI is InChI=1S/C13H13N5O.CH3NO/c1-8-11(12-9(2)14-5-6-15-12)16-18-10(19)4-7-17(3)13(8)18;2-1-3/h4-7H,1-3H3;1H,(H2,2,3). The fourth-order valence-electron chi connectivity index (χ4n) is 2.24. The van der Waals surface area contributed by atoms with Gasteiger partial charge in [-0.05, 0) is 13.8 Å². The second kappa shape index (κ2) is 6.17. The van der Waals surface area contributed by atoms with E-state index in [1.165, 1.54) is 10.6 Å². The lowest BCUT2D eigenvalue weighted by atomic mass is 10.2. The molecule has 0 aliphatic heterocycles. The van der Waals surface area contributed by atoms with E-state index in [0.717, 1.165) is 16.9 Å². The van der Waals surface area contributed by atoms with Crippen LogP contribution in [0.1, 0.15) is 11.3 Å². The average molecular weight is 300 g/mol. The van der Waals surface area contributed by atoms with Gasteiger partial charge in [-0.3, -0.25) is 19.6 Å². The number of nitrogens with zero attached hydrogens (tertiary/aromatic N) is 5. The molecular formula is C14H16N6O2. The number of fused-ring (bicyclic) bond motifs is 1. The van der Waals surface area contributed by atoms with E-state index in [-0.39, 0.29) is 12.0 Å². The van der Waals surface area contributed by atoms with E-state index in [2.05, 4.69) is 20.8 Å². The van der Waals surface area contributed by atoms with Crippen LogP contribution in [-0.4, -0.2) is 30.6 Å². The van der Waals surface area contributed by atoms with Crippen molar-refractivity contribution in [3.8, 4) is 11.4 Å². The zero-order valence-electron chi connectivity index (χ0n) is 12.5. The molecule has 0 saturated carbocycles. The van der Waals surface area contributed by atoms with Crippen LogP contribution in [0.4, 0.5) is 0 Å². The van der Waals surface area contributed by atoms with Crippen molar-refractivity contribution in [2.45, 2.75) is 13.8 Å². The zero-order chi connectivity index (χ0) is 16.3. The molecule has 0 bridgehead atoms. The summed E-state index contributed by atoms with van der Waals surface area (Å²) in [6, 6.07) is 1.49. The lowest BCUT2D eigenvalue weighted by Gasteiger charge is -2.01. The van der Waals surface area contributed by atoms with E-state index < -0.39 is 0 Å². The van der Waals surface area contributed by atoms with Crippen molar-refractivity contribution in [3.63, 3.8) is 0 Å². The molecule has 0 spiro atoms. The van der Waals surface area contributed by atoms with Crippen molar-refractivity contribution < 1.29 is 4.79 Å². The fourth-order valence-corrected chi connectivity index (χ4v) is 2.24. The monoisotopic (exact) mass is 300 g/mol. The van der Waals surface area contributed by atoms with Gasteiger partial charge < -0.3 is 10.3 Å². The van der Waals surface area contributed by atoms with Crippen molar-refractivity contribution >= 4 is 12.1 Å². The number of hydrogen-bond donors (Lipinski definition) is 1. The Kier molecular flexibility index (Phi) is 4.31. The maximum atomic E-state index is 11.9. The third-order valence-corrected chi connectivity index (χ3v) is 3.18. The smallest absolute Gasteiger partial charge is 0.274 e. The van der Waals surface area contributed by atoms with Crippen LogP contribution in [0.15, 0.2) is 29.5 Å². The molecule has 0 aliphatic carbocycles. The average Bonchev–Trinajstić information content (AvgIpc) is 2.83. The van der Waals surface area contributed by atoms with E-state index in [4.69, 9.17) is 4.79 Å². The molecule has 0 unspecified atom stereocenters. The fraction of sp³-hybridized carbons (Fsp3) is 0.214. The molecule has 1 amide bonds. The first-order chi connectivity index (χ1) is 10.5. The normalized spacial score (nSPS) is 10.1. The number of primary amides is 1. The zero-order valence-corrected chi connectivity index (χ0v) is 12.5. The molecule has 0 aromatic carbocycles. The molecule has 22 heavy (non-hydrogen) atoms. The summed E-state index contributed by atoms with van der Waals surface area (Å²) in [5, 5.41) is 4.38. The van der Waals surface area contributed by atoms with Gasteiger partial charge >= 0.3 is 0 Å². The molecule has 114 valence electrons. The highest BCUT2D eigenvalue weighted by Gasteiger charge is 2.16. The van der Waals surface area contributed by atoms with E-state index in [1.54, 1.807) is 18.6 Å². The van der Waals surface area contributed by atoms with E-state index in [1.807, 2.05) is 25.5 Å². The lowest BCUT2D eigenvalue weighted by molar-refractivity contribution is -0.106. The topological polar surface area (TPSA) is 108 Å². The van der Waals surface area contributed by atoms with E-state index in [0.29, 0.717) is 11.4 Å². The Bertz CT molecular complexity index is 881. The molecule has 3 heterocycles. The Balaban J connectivity index is 0.000000545. The maximum Gasteiger partial charge on any atom is 0.274 e. The van der Waals surface area contributed by atoms with E-state index >= 15 is 0 Å². The second-order valence-corrected chi connectivity index (χ2v) is 4.60. The molecular weight excluding hydrogens is 284 g/mol. The predicted octanol–water partition coefficient (Wildman–Crippen LogP) is 0.208. The van der Waals surface area contributed by atoms with Crippen molar-refractivity contribution in [1.29, 1.82) is 0 Å². The van der Waals surface area contributed by atoms with Gasteiger partial charge in [0, 0.05) is 37.3 Å². The van der Waals surface area contributed by atoms with Crippen LogP contribution in [-0.2, 0) is 11.8 Å². The van der Waals surface area contributed by atoms with Crippen LogP contribution in [0.2, 0.25) is 0 Å². The minimum absolute atomic E-state index is 0.149. The van der Waals surface area contributed by atoms with Gasteiger partial charge in [0.2, 0.25) is 6.41 Å². The summed E-state index contributed by atoms with van der Waals surface area (Å²) in [6.45, 7) is 3.81. The highest BCUT2D eigenvalue weighted by atomic mass is 16.1. The molecule has 3 aromatic rings. The Morgan fingerprint density at radius 3 is 2.41 bits per heavy atom. The molecule has 8 nitrogen and oxygen atoms in total. The Labute approximate surface area is 126 Å². The highest BCUT2D eigenvalue weighted by Crippen LogP contribution is 2.23. The number of carbonyl (C=O) groups is 1. The SMILES string of the molecule is Cc1nccnc1-c1nn2c(=O)ccn(C)c2c1C.NC=O. The summed E-state index contributed by atoms with van der Waals surface area (Å²) in [5.41, 5.74) is 7.91. The summed E-state index contributed by atoms with van der Waals surface area (Å²) in [4.78, 5) is 29.0. The summed E-state index contributed by atoms with van der Waals surface area (Å²) in [6.07, 6.45) is 5.26. The molecule has 0 aliphatic rings. The van der Waals surface area contributed by atoms with Gasteiger partial charge in [-0.15, -0.1) is 0 Å². The summed E-state index contributed by atoms with van der Waals surface area (Å²) in [7, 11) is 1.89. The number of aromatic nitrogens is 5. The maximum absolute atomic E-state index is 11.9. The van der Waals surface area contributed by atoms with Gasteiger partial charge in [0.05, 0.1) is 5.69 Å². The quantitative estimate of drug-likeness (QED) is 0.646. The number of amides is 1. The number of hydrogen-bond acceptors (Lipinski definition) is 5. The largest absolute Gasteiger partial charge is 0.372 e. The van der Waals surface area contributed by atoms with Crippen molar-refractivity contribution in [2.75, 3.05) is 0 Å².